The molecule has 0 unspecified atom stereocenters. The molecule has 2 heterocycles. The highest BCUT2D eigenvalue weighted by Gasteiger charge is 2.16. The van der Waals surface area contributed by atoms with Crippen LogP contribution in [0.1, 0.15) is 10.4 Å². The summed E-state index contributed by atoms with van der Waals surface area (Å²) in [4.78, 5) is 19.3. The van der Waals surface area contributed by atoms with E-state index in [4.69, 9.17) is 14.5 Å². The molecule has 0 bridgehead atoms. The van der Waals surface area contributed by atoms with Crippen molar-refractivity contribution >= 4 is 28.1 Å². The van der Waals surface area contributed by atoms with E-state index in [2.05, 4.69) is 10.2 Å². The fraction of sp³-hybridized carbons (Fsp3) is 0.238. The number of nitrogens with one attached hydrogen (secondary N) is 1. The van der Waals surface area contributed by atoms with Crippen molar-refractivity contribution in [2.45, 2.75) is 0 Å². The van der Waals surface area contributed by atoms with Gasteiger partial charge in [-0.3, -0.25) is 4.79 Å². The van der Waals surface area contributed by atoms with Crippen LogP contribution in [0.5, 0.6) is 5.75 Å². The molecule has 1 saturated heterocycles. The van der Waals surface area contributed by atoms with Gasteiger partial charge in [-0.2, -0.15) is 0 Å². The predicted molar refractivity (Wildman–Crippen MR) is 111 cm³/mol. The van der Waals surface area contributed by atoms with Crippen molar-refractivity contribution in [3.05, 3.63) is 59.2 Å². The fourth-order valence-electron chi connectivity index (χ4n) is 3.03. The number of hydrogen-bond donors (Lipinski definition) is 1. The summed E-state index contributed by atoms with van der Waals surface area (Å²) in [6.45, 7) is 3.13. The second kappa shape index (κ2) is 8.59. The molecule has 1 N–H and O–H groups in total. The number of nitrogens with zero attached hydrogens (tertiary/aromatic N) is 2. The molecular weight excluding hydrogens is 393 g/mol. The molecule has 150 valence electrons. The average Bonchev–Trinajstić information content (AvgIpc) is 3.25. The fourth-order valence-corrected chi connectivity index (χ4v) is 3.91. The molecule has 8 heteroatoms. The van der Waals surface area contributed by atoms with E-state index in [1.807, 2.05) is 17.5 Å². The normalized spacial score (nSPS) is 13.9. The number of halogens is 1. The minimum atomic E-state index is -0.628. The summed E-state index contributed by atoms with van der Waals surface area (Å²) in [6.07, 6.45) is 0. The van der Waals surface area contributed by atoms with Gasteiger partial charge in [0.1, 0.15) is 11.6 Å². The quantitative estimate of drug-likeness (QED) is 0.684. The van der Waals surface area contributed by atoms with E-state index in [1.165, 1.54) is 19.2 Å². The summed E-state index contributed by atoms with van der Waals surface area (Å²) < 4.78 is 24.4. The van der Waals surface area contributed by atoms with Gasteiger partial charge >= 0.3 is 0 Å². The van der Waals surface area contributed by atoms with Crippen LogP contribution in [0.25, 0.3) is 11.3 Å². The van der Waals surface area contributed by atoms with Crippen LogP contribution in [0.2, 0.25) is 0 Å². The Labute approximate surface area is 171 Å². The van der Waals surface area contributed by atoms with Gasteiger partial charge in [0.2, 0.25) is 0 Å². The van der Waals surface area contributed by atoms with Crippen LogP contribution in [0.4, 0.5) is 15.2 Å². The van der Waals surface area contributed by atoms with Crippen molar-refractivity contribution in [1.29, 1.82) is 0 Å². The second-order valence-corrected chi connectivity index (χ2v) is 7.33. The minimum absolute atomic E-state index is 0.0375. The summed E-state index contributed by atoms with van der Waals surface area (Å²) in [5.41, 5.74) is 2.38. The van der Waals surface area contributed by atoms with Crippen LogP contribution < -0.4 is 15.0 Å². The van der Waals surface area contributed by atoms with E-state index in [1.54, 1.807) is 29.5 Å². The van der Waals surface area contributed by atoms with Gasteiger partial charge in [0.05, 0.1) is 31.6 Å². The summed E-state index contributed by atoms with van der Waals surface area (Å²) in [7, 11) is 1.45. The Bertz CT molecular complexity index is 1000. The number of thiazole rings is 1. The number of ether oxygens (including phenoxy) is 2. The predicted octanol–water partition coefficient (Wildman–Crippen LogP) is 4.05. The molecule has 1 aromatic heterocycles. The van der Waals surface area contributed by atoms with Crippen molar-refractivity contribution < 1.29 is 18.7 Å². The molecule has 0 spiro atoms. The molecule has 4 rings (SSSR count). The standard InChI is InChI=1S/C21H20FN3O3S/c1-27-16-6-7-17(18(22)12-16)20(26)23-15-4-2-14(3-5-15)19-13-29-21(24-19)25-8-10-28-11-9-25/h2-7,12-13H,8-11H2,1H3,(H,23,26). The number of rotatable bonds is 5. The maximum Gasteiger partial charge on any atom is 0.258 e. The first-order valence-electron chi connectivity index (χ1n) is 9.17. The van der Waals surface area contributed by atoms with Gasteiger partial charge < -0.3 is 19.7 Å². The van der Waals surface area contributed by atoms with E-state index in [-0.39, 0.29) is 5.56 Å². The highest BCUT2D eigenvalue weighted by atomic mass is 32.1. The Morgan fingerprint density at radius 3 is 2.66 bits per heavy atom. The minimum Gasteiger partial charge on any atom is -0.497 e. The van der Waals surface area contributed by atoms with Crippen LogP contribution >= 0.6 is 11.3 Å². The molecular formula is C21H20FN3O3S. The van der Waals surface area contributed by atoms with Gasteiger partial charge in [0, 0.05) is 35.8 Å². The molecule has 6 nitrogen and oxygen atoms in total. The topological polar surface area (TPSA) is 63.7 Å². The number of carbonyl (C=O) groups is 1. The third kappa shape index (κ3) is 4.38. The Balaban J connectivity index is 1.44. The number of anilines is 2. The summed E-state index contributed by atoms with van der Waals surface area (Å²) in [6, 6.07) is 11.5. The Morgan fingerprint density at radius 1 is 1.21 bits per heavy atom. The first-order valence-corrected chi connectivity index (χ1v) is 10.1. The lowest BCUT2D eigenvalue weighted by atomic mass is 10.1. The largest absolute Gasteiger partial charge is 0.497 e. The monoisotopic (exact) mass is 413 g/mol. The lowest BCUT2D eigenvalue weighted by molar-refractivity contribution is 0.102. The van der Waals surface area contributed by atoms with E-state index in [9.17, 15) is 9.18 Å². The zero-order valence-corrected chi connectivity index (χ0v) is 16.7. The van der Waals surface area contributed by atoms with Gasteiger partial charge in [-0.05, 0) is 24.3 Å². The third-order valence-corrected chi connectivity index (χ3v) is 5.53. The molecule has 3 aromatic rings. The van der Waals surface area contributed by atoms with Crippen molar-refractivity contribution in [2.75, 3.05) is 43.6 Å². The number of hydrogen-bond acceptors (Lipinski definition) is 6. The summed E-state index contributed by atoms with van der Waals surface area (Å²) >= 11 is 1.61. The molecule has 1 fully saturated rings. The lowest BCUT2D eigenvalue weighted by Gasteiger charge is -2.26. The van der Waals surface area contributed by atoms with Gasteiger partial charge in [0.15, 0.2) is 5.13 Å². The molecule has 0 atom stereocenters. The molecule has 0 aliphatic carbocycles. The van der Waals surface area contributed by atoms with E-state index in [0.29, 0.717) is 11.4 Å². The van der Waals surface area contributed by atoms with Gasteiger partial charge in [0.25, 0.3) is 5.91 Å². The number of carbonyl (C=O) groups excluding carboxylic acids is 1. The van der Waals surface area contributed by atoms with Crippen LogP contribution in [0.3, 0.4) is 0 Å². The number of benzene rings is 2. The van der Waals surface area contributed by atoms with Crippen molar-refractivity contribution in [3.63, 3.8) is 0 Å². The Hall–Kier alpha value is -2.97. The van der Waals surface area contributed by atoms with E-state index >= 15 is 0 Å². The molecule has 29 heavy (non-hydrogen) atoms. The van der Waals surface area contributed by atoms with E-state index in [0.717, 1.165) is 42.7 Å². The Kier molecular flexibility index (Phi) is 5.73. The number of amides is 1. The maximum absolute atomic E-state index is 14.1. The highest BCUT2D eigenvalue weighted by Crippen LogP contribution is 2.29. The molecule has 1 aliphatic rings. The highest BCUT2D eigenvalue weighted by molar-refractivity contribution is 7.14. The first kappa shape index (κ1) is 19.4. The number of methoxy groups -OCH3 is 1. The van der Waals surface area contributed by atoms with Crippen molar-refractivity contribution in [1.82, 2.24) is 4.98 Å². The van der Waals surface area contributed by atoms with Crippen LogP contribution in [0, 0.1) is 5.82 Å². The first-order chi connectivity index (χ1) is 14.1. The van der Waals surface area contributed by atoms with Crippen LogP contribution in [-0.4, -0.2) is 44.3 Å². The lowest BCUT2D eigenvalue weighted by Crippen LogP contribution is -2.36. The average molecular weight is 413 g/mol. The van der Waals surface area contributed by atoms with Crippen LogP contribution in [-0.2, 0) is 4.74 Å². The SMILES string of the molecule is COc1ccc(C(=O)Nc2ccc(-c3csc(N4CCOCC4)n3)cc2)c(F)c1. The van der Waals surface area contributed by atoms with Gasteiger partial charge in [-0.25, -0.2) is 9.37 Å². The third-order valence-electron chi connectivity index (χ3n) is 4.63. The molecule has 1 amide bonds. The zero-order valence-electron chi connectivity index (χ0n) is 15.9. The van der Waals surface area contributed by atoms with Crippen molar-refractivity contribution in [2.24, 2.45) is 0 Å². The van der Waals surface area contributed by atoms with Gasteiger partial charge in [-0.15, -0.1) is 11.3 Å². The number of morpholine rings is 1. The smallest absolute Gasteiger partial charge is 0.258 e. The van der Waals surface area contributed by atoms with E-state index < -0.39 is 11.7 Å². The number of aromatic nitrogens is 1. The summed E-state index contributed by atoms with van der Waals surface area (Å²) in [5, 5.41) is 5.71. The molecule has 0 saturated carbocycles. The van der Waals surface area contributed by atoms with Crippen molar-refractivity contribution in [3.8, 4) is 17.0 Å². The Morgan fingerprint density at radius 2 is 1.97 bits per heavy atom. The molecule has 1 aliphatic heterocycles. The molecule has 2 aromatic carbocycles. The van der Waals surface area contributed by atoms with Crippen LogP contribution in [0.15, 0.2) is 47.8 Å². The summed E-state index contributed by atoms with van der Waals surface area (Å²) in [5.74, 6) is -0.777. The maximum atomic E-state index is 14.1. The second-order valence-electron chi connectivity index (χ2n) is 6.49. The molecule has 0 radical (unpaired) electrons. The van der Waals surface area contributed by atoms with Gasteiger partial charge in [-0.1, -0.05) is 12.1 Å². The zero-order chi connectivity index (χ0) is 20.2.